The second-order valence-corrected chi connectivity index (χ2v) is 11.7. The number of piperazine rings is 1. The topological polar surface area (TPSA) is 104 Å². The molecule has 0 saturated carbocycles. The lowest BCUT2D eigenvalue weighted by atomic mass is 10.2. The summed E-state index contributed by atoms with van der Waals surface area (Å²) in [5.41, 5.74) is 0.356. The van der Waals surface area contributed by atoms with E-state index in [0.717, 1.165) is 6.07 Å². The molecule has 12 heteroatoms. The minimum Gasteiger partial charge on any atom is -0.495 e. The summed E-state index contributed by atoms with van der Waals surface area (Å²) in [4.78, 5) is 14.0. The Morgan fingerprint density at radius 1 is 1.06 bits per heavy atom. The fraction of sp³-hybridized carbons (Fsp3) is 0.381. The summed E-state index contributed by atoms with van der Waals surface area (Å²) in [6, 6.07) is 10.1. The van der Waals surface area contributed by atoms with Gasteiger partial charge in [0.25, 0.3) is 0 Å². The largest absolute Gasteiger partial charge is 0.495 e. The van der Waals surface area contributed by atoms with E-state index in [4.69, 9.17) is 4.74 Å². The summed E-state index contributed by atoms with van der Waals surface area (Å²) in [5.74, 6) is -2.01. The van der Waals surface area contributed by atoms with E-state index < -0.39 is 31.9 Å². The van der Waals surface area contributed by atoms with Gasteiger partial charge in [-0.05, 0) is 30.3 Å². The Morgan fingerprint density at radius 3 is 2.30 bits per heavy atom. The number of methoxy groups -OCH3 is 1. The van der Waals surface area contributed by atoms with E-state index in [1.54, 1.807) is 23.1 Å². The number of carbonyl (C=O) groups is 1. The molecule has 0 aliphatic carbocycles. The Hall–Kier alpha value is -2.70. The van der Waals surface area contributed by atoms with Crippen molar-refractivity contribution in [3.05, 3.63) is 48.3 Å². The lowest BCUT2D eigenvalue weighted by Crippen LogP contribution is -2.49. The standard InChI is InChI=1S/C21H24FN3O6S2/c1-15-14-32(27,28)25(21(15)26)16-7-8-19(31-2)20(13-16)33(29,30)24-11-9-23(10-12-24)18-6-4-3-5-17(18)22/h3-8,13,15H,9-12,14H2,1-2H3/t15-/m1/s1. The maximum Gasteiger partial charge on any atom is 0.246 e. The smallest absolute Gasteiger partial charge is 0.246 e. The van der Waals surface area contributed by atoms with Crippen LogP contribution in [0.25, 0.3) is 0 Å². The third-order valence-corrected chi connectivity index (χ3v) is 9.58. The van der Waals surface area contributed by atoms with Gasteiger partial charge >= 0.3 is 0 Å². The van der Waals surface area contributed by atoms with Crippen LogP contribution < -0.4 is 13.9 Å². The van der Waals surface area contributed by atoms with Crippen LogP contribution in [-0.2, 0) is 24.8 Å². The van der Waals surface area contributed by atoms with Gasteiger partial charge < -0.3 is 9.64 Å². The molecule has 4 rings (SSSR count). The zero-order valence-electron chi connectivity index (χ0n) is 18.1. The van der Waals surface area contributed by atoms with Gasteiger partial charge in [0.05, 0.1) is 30.2 Å². The normalized spacial score (nSPS) is 21.4. The van der Waals surface area contributed by atoms with E-state index in [-0.39, 0.29) is 54.1 Å². The Balaban J connectivity index is 1.64. The summed E-state index contributed by atoms with van der Waals surface area (Å²) in [5, 5.41) is 0. The fourth-order valence-corrected chi connectivity index (χ4v) is 7.51. The third-order valence-electron chi connectivity index (χ3n) is 5.79. The van der Waals surface area contributed by atoms with Crippen LogP contribution in [0.3, 0.4) is 0 Å². The van der Waals surface area contributed by atoms with Crippen molar-refractivity contribution in [1.82, 2.24) is 4.31 Å². The molecule has 0 spiro atoms. The predicted molar refractivity (Wildman–Crippen MR) is 121 cm³/mol. The second kappa shape index (κ2) is 8.58. The average Bonchev–Trinajstić information content (AvgIpc) is 3.00. The molecule has 2 aliphatic rings. The van der Waals surface area contributed by atoms with Crippen LogP contribution in [0.2, 0.25) is 0 Å². The second-order valence-electron chi connectivity index (χ2n) is 7.96. The number of carbonyl (C=O) groups excluding carboxylic acids is 1. The van der Waals surface area contributed by atoms with Crippen LogP contribution in [0.15, 0.2) is 47.4 Å². The number of anilines is 2. The van der Waals surface area contributed by atoms with E-state index in [9.17, 15) is 26.0 Å². The maximum absolute atomic E-state index is 14.1. The van der Waals surface area contributed by atoms with Crippen LogP contribution in [0.1, 0.15) is 6.92 Å². The molecule has 2 fully saturated rings. The highest BCUT2D eigenvalue weighted by Gasteiger charge is 2.43. The number of para-hydroxylation sites is 1. The van der Waals surface area contributed by atoms with Crippen molar-refractivity contribution in [2.45, 2.75) is 11.8 Å². The minimum absolute atomic E-state index is 0.0346. The molecule has 2 aliphatic heterocycles. The zero-order valence-corrected chi connectivity index (χ0v) is 19.8. The van der Waals surface area contributed by atoms with Crippen molar-refractivity contribution in [3.63, 3.8) is 0 Å². The number of halogens is 1. The maximum atomic E-state index is 14.1. The first kappa shape index (κ1) is 23.5. The predicted octanol–water partition coefficient (Wildman–Crippen LogP) is 1.66. The van der Waals surface area contributed by atoms with Gasteiger partial charge in [-0.15, -0.1) is 0 Å². The van der Waals surface area contributed by atoms with Crippen molar-refractivity contribution >= 4 is 37.3 Å². The fourth-order valence-electron chi connectivity index (χ4n) is 4.10. The van der Waals surface area contributed by atoms with Gasteiger partial charge in [-0.25, -0.2) is 25.5 Å². The first-order chi connectivity index (χ1) is 15.6. The van der Waals surface area contributed by atoms with Gasteiger partial charge in [0, 0.05) is 26.2 Å². The summed E-state index contributed by atoms with van der Waals surface area (Å²) in [7, 11) is -6.67. The van der Waals surface area contributed by atoms with Crippen LogP contribution >= 0.6 is 0 Å². The minimum atomic E-state index is -4.09. The number of hydrogen-bond donors (Lipinski definition) is 0. The Labute approximate surface area is 192 Å². The molecule has 2 aromatic carbocycles. The van der Waals surface area contributed by atoms with Crippen molar-refractivity contribution in [2.24, 2.45) is 5.92 Å². The molecular weight excluding hydrogens is 473 g/mol. The number of sulfonamides is 2. The number of hydrogen-bond acceptors (Lipinski definition) is 7. The monoisotopic (exact) mass is 497 g/mol. The molecule has 0 N–H and O–H groups in total. The quantitative estimate of drug-likeness (QED) is 0.619. The molecule has 2 saturated heterocycles. The number of benzene rings is 2. The molecule has 0 aromatic heterocycles. The van der Waals surface area contributed by atoms with Crippen LogP contribution in [0.5, 0.6) is 5.75 Å². The lowest BCUT2D eigenvalue weighted by molar-refractivity contribution is -0.119. The summed E-state index contributed by atoms with van der Waals surface area (Å²) in [6.07, 6.45) is 0. The van der Waals surface area contributed by atoms with Crippen LogP contribution in [0, 0.1) is 11.7 Å². The molecule has 9 nitrogen and oxygen atoms in total. The summed E-state index contributed by atoms with van der Waals surface area (Å²) in [6.45, 7) is 2.26. The van der Waals surface area contributed by atoms with E-state index in [1.807, 2.05) is 0 Å². The van der Waals surface area contributed by atoms with Crippen molar-refractivity contribution in [2.75, 3.05) is 48.2 Å². The van der Waals surface area contributed by atoms with Crippen molar-refractivity contribution in [3.8, 4) is 5.75 Å². The molecule has 178 valence electrons. The molecule has 2 heterocycles. The Kier molecular flexibility index (Phi) is 6.10. The molecular formula is C21H24FN3O6S2. The van der Waals surface area contributed by atoms with Crippen LogP contribution in [-0.4, -0.2) is 66.1 Å². The molecule has 0 radical (unpaired) electrons. The van der Waals surface area contributed by atoms with Crippen molar-refractivity contribution < 1.29 is 30.8 Å². The van der Waals surface area contributed by atoms with Gasteiger partial charge in [-0.2, -0.15) is 4.31 Å². The first-order valence-electron chi connectivity index (χ1n) is 10.3. The Bertz CT molecular complexity index is 1290. The highest BCUT2D eigenvalue weighted by molar-refractivity contribution is 7.94. The van der Waals surface area contributed by atoms with Gasteiger partial charge in [0.1, 0.15) is 16.5 Å². The number of amides is 1. The number of nitrogens with zero attached hydrogens (tertiary/aromatic N) is 3. The molecule has 1 atom stereocenters. The van der Waals surface area contributed by atoms with Crippen LogP contribution in [0.4, 0.5) is 15.8 Å². The number of rotatable bonds is 5. The van der Waals surface area contributed by atoms with E-state index in [2.05, 4.69) is 0 Å². The van der Waals surface area contributed by atoms with Gasteiger partial charge in [0.2, 0.25) is 26.0 Å². The van der Waals surface area contributed by atoms with Gasteiger partial charge in [-0.1, -0.05) is 19.1 Å². The molecule has 33 heavy (non-hydrogen) atoms. The first-order valence-corrected chi connectivity index (χ1v) is 13.4. The highest BCUT2D eigenvalue weighted by Crippen LogP contribution is 2.35. The van der Waals surface area contributed by atoms with E-state index >= 15 is 0 Å². The number of ether oxygens (including phenoxy) is 1. The van der Waals surface area contributed by atoms with Crippen molar-refractivity contribution in [1.29, 1.82) is 0 Å². The average molecular weight is 498 g/mol. The van der Waals surface area contributed by atoms with Gasteiger partial charge in [0.15, 0.2) is 0 Å². The van der Waals surface area contributed by atoms with E-state index in [1.165, 1.54) is 36.5 Å². The van der Waals surface area contributed by atoms with E-state index in [0.29, 0.717) is 9.99 Å². The SMILES string of the molecule is COc1ccc(N2C(=O)[C@H](C)CS2(=O)=O)cc1S(=O)(=O)N1CCN(c2ccccc2F)CC1. The molecule has 0 unspecified atom stereocenters. The zero-order chi connectivity index (χ0) is 24.0. The Morgan fingerprint density at radius 2 is 1.73 bits per heavy atom. The summed E-state index contributed by atoms with van der Waals surface area (Å²) >= 11 is 0. The molecule has 0 bridgehead atoms. The molecule has 2 aromatic rings. The highest BCUT2D eigenvalue weighted by atomic mass is 32.2. The summed E-state index contributed by atoms with van der Waals surface area (Å²) < 4.78 is 73.1. The molecule has 1 amide bonds. The third kappa shape index (κ3) is 4.18. The van der Waals surface area contributed by atoms with Gasteiger partial charge in [-0.3, -0.25) is 4.79 Å². The lowest BCUT2D eigenvalue weighted by Gasteiger charge is -2.35.